The molecule has 3 aromatic rings. The van der Waals surface area contributed by atoms with Crippen LogP contribution in [-0.4, -0.2) is 26.6 Å². The Morgan fingerprint density at radius 3 is 2.35 bits per heavy atom. The summed E-state index contributed by atoms with van der Waals surface area (Å²) in [5, 5.41) is 4.62. The van der Waals surface area contributed by atoms with E-state index in [2.05, 4.69) is 5.32 Å². The van der Waals surface area contributed by atoms with E-state index in [1.54, 1.807) is 0 Å². The van der Waals surface area contributed by atoms with Crippen LogP contribution in [0.4, 0.5) is 18.9 Å². The Hall–Kier alpha value is -3.07. The second kappa shape index (κ2) is 8.58. The number of hydrogen-bond acceptors (Lipinski definition) is 3. The van der Waals surface area contributed by atoms with Crippen molar-refractivity contribution in [1.29, 1.82) is 0 Å². The molecule has 0 aliphatic rings. The van der Waals surface area contributed by atoms with Gasteiger partial charge in [0.15, 0.2) is 0 Å². The fraction of sp³-hybridized carbons (Fsp3) is 0.227. The molecule has 1 amide bonds. The van der Waals surface area contributed by atoms with Crippen molar-refractivity contribution >= 4 is 32.4 Å². The van der Waals surface area contributed by atoms with Gasteiger partial charge in [0.05, 0.1) is 17.5 Å². The minimum atomic E-state index is -4.64. The predicted molar refractivity (Wildman–Crippen MR) is 114 cm³/mol. The summed E-state index contributed by atoms with van der Waals surface area (Å²) in [6, 6.07) is 15.9. The van der Waals surface area contributed by atoms with Gasteiger partial charge in [-0.2, -0.15) is 13.2 Å². The molecule has 9 heteroatoms. The zero-order valence-electron chi connectivity index (χ0n) is 16.8. The number of carbonyl (C=O) groups excluding carboxylic acids is 1. The number of sulfonamides is 1. The first-order valence-corrected chi connectivity index (χ1v) is 11.2. The number of carbonyl (C=O) groups is 1. The number of anilines is 1. The first-order valence-electron chi connectivity index (χ1n) is 9.39. The number of rotatable bonds is 6. The van der Waals surface area contributed by atoms with Gasteiger partial charge in [0.2, 0.25) is 15.9 Å². The van der Waals surface area contributed by atoms with Gasteiger partial charge in [-0.15, -0.1) is 0 Å². The van der Waals surface area contributed by atoms with Crippen LogP contribution in [-0.2, 0) is 27.5 Å². The van der Waals surface area contributed by atoms with Crippen molar-refractivity contribution < 1.29 is 26.4 Å². The first kappa shape index (κ1) is 22.6. The summed E-state index contributed by atoms with van der Waals surface area (Å²) in [5.74, 6) is -0.629. The van der Waals surface area contributed by atoms with Crippen molar-refractivity contribution in [2.24, 2.45) is 0 Å². The van der Waals surface area contributed by atoms with Gasteiger partial charge in [-0.05, 0) is 41.5 Å². The smallest absolute Gasteiger partial charge is 0.350 e. The Labute approximate surface area is 178 Å². The van der Waals surface area contributed by atoms with Crippen LogP contribution in [0.1, 0.15) is 18.1 Å². The lowest BCUT2D eigenvalue weighted by molar-refractivity contribution is -0.137. The van der Waals surface area contributed by atoms with E-state index in [0.717, 1.165) is 40.8 Å². The maximum Gasteiger partial charge on any atom is 0.416 e. The Morgan fingerprint density at radius 2 is 1.68 bits per heavy atom. The number of nitrogens with one attached hydrogen (secondary N) is 1. The van der Waals surface area contributed by atoms with Crippen LogP contribution in [0.2, 0.25) is 0 Å². The van der Waals surface area contributed by atoms with Crippen molar-refractivity contribution in [1.82, 2.24) is 5.32 Å². The zero-order chi connectivity index (χ0) is 22.8. The van der Waals surface area contributed by atoms with E-state index in [4.69, 9.17) is 0 Å². The van der Waals surface area contributed by atoms with Crippen LogP contribution in [0.15, 0.2) is 66.7 Å². The minimum Gasteiger partial charge on any atom is -0.350 e. The Bertz CT molecular complexity index is 1200. The second-order valence-corrected chi connectivity index (χ2v) is 9.00. The number of hydrogen-bond donors (Lipinski definition) is 1. The van der Waals surface area contributed by atoms with Gasteiger partial charge in [0, 0.05) is 6.54 Å². The Balaban J connectivity index is 1.85. The van der Waals surface area contributed by atoms with Crippen LogP contribution >= 0.6 is 0 Å². The van der Waals surface area contributed by atoms with Crippen molar-refractivity contribution in [3.8, 4) is 0 Å². The van der Waals surface area contributed by atoms with Gasteiger partial charge >= 0.3 is 6.18 Å². The summed E-state index contributed by atoms with van der Waals surface area (Å²) < 4.78 is 64.6. The maximum absolute atomic E-state index is 13.1. The average molecular weight is 450 g/mol. The van der Waals surface area contributed by atoms with Crippen LogP contribution in [0, 0.1) is 0 Å². The van der Waals surface area contributed by atoms with Crippen LogP contribution in [0.5, 0.6) is 0 Å². The van der Waals surface area contributed by atoms with E-state index >= 15 is 0 Å². The van der Waals surface area contributed by atoms with Gasteiger partial charge in [0.25, 0.3) is 0 Å². The fourth-order valence-corrected chi connectivity index (χ4v) is 4.57. The third kappa shape index (κ3) is 5.16. The average Bonchev–Trinajstić information content (AvgIpc) is 2.70. The molecule has 3 rings (SSSR count). The summed E-state index contributed by atoms with van der Waals surface area (Å²) in [6.45, 7) is 1.48. The third-order valence-corrected chi connectivity index (χ3v) is 6.09. The van der Waals surface area contributed by atoms with E-state index < -0.39 is 33.7 Å². The lowest BCUT2D eigenvalue weighted by Crippen LogP contribution is -2.47. The standard InChI is InChI=1S/C22H21F3N2O3S/c1-15(21(28)26-14-17-9-5-8-16-7-3-4-12-20(16)17)27(31(2,29)30)19-11-6-10-18(13-19)22(23,24)25/h3-13,15H,14H2,1-2H3,(H,26,28)/t15-/m0/s1. The molecule has 0 heterocycles. The molecule has 0 aliphatic carbocycles. The highest BCUT2D eigenvalue weighted by molar-refractivity contribution is 7.92. The highest BCUT2D eigenvalue weighted by Gasteiger charge is 2.34. The number of fused-ring (bicyclic) bond motifs is 1. The van der Waals surface area contributed by atoms with E-state index in [-0.39, 0.29) is 12.2 Å². The normalized spacial score (nSPS) is 13.1. The molecule has 3 aromatic carbocycles. The van der Waals surface area contributed by atoms with Crippen molar-refractivity contribution in [2.75, 3.05) is 10.6 Å². The molecule has 0 saturated carbocycles. The molecule has 0 aromatic heterocycles. The van der Waals surface area contributed by atoms with Gasteiger partial charge in [-0.1, -0.05) is 48.5 Å². The Kier molecular flexibility index (Phi) is 6.26. The van der Waals surface area contributed by atoms with Crippen molar-refractivity contribution in [3.05, 3.63) is 77.9 Å². The molecule has 0 bridgehead atoms. The molecule has 1 atom stereocenters. The van der Waals surface area contributed by atoms with Gasteiger partial charge in [-0.25, -0.2) is 8.42 Å². The largest absolute Gasteiger partial charge is 0.416 e. The zero-order valence-corrected chi connectivity index (χ0v) is 17.7. The molecule has 1 N–H and O–H groups in total. The van der Waals surface area contributed by atoms with E-state index in [1.165, 1.54) is 13.0 Å². The summed E-state index contributed by atoms with van der Waals surface area (Å²) in [7, 11) is -4.04. The molecule has 0 unspecified atom stereocenters. The molecule has 0 aliphatic heterocycles. The van der Waals surface area contributed by atoms with Crippen molar-refractivity contribution in [3.63, 3.8) is 0 Å². The number of benzene rings is 3. The first-order chi connectivity index (χ1) is 14.5. The lowest BCUT2D eigenvalue weighted by Gasteiger charge is -2.28. The molecule has 0 saturated heterocycles. The number of alkyl halides is 3. The quantitative estimate of drug-likeness (QED) is 0.608. The summed E-state index contributed by atoms with van der Waals surface area (Å²) in [4.78, 5) is 12.8. The molecule has 0 spiro atoms. The molecular weight excluding hydrogens is 429 g/mol. The van der Waals surface area contributed by atoms with Crippen molar-refractivity contribution in [2.45, 2.75) is 25.7 Å². The number of halogens is 3. The molecule has 5 nitrogen and oxygen atoms in total. The number of nitrogens with zero attached hydrogens (tertiary/aromatic N) is 1. The molecular formula is C22H21F3N2O3S. The Morgan fingerprint density at radius 1 is 1.03 bits per heavy atom. The lowest BCUT2D eigenvalue weighted by atomic mass is 10.0. The predicted octanol–water partition coefficient (Wildman–Crippen LogP) is 4.33. The number of amides is 1. The summed E-state index contributed by atoms with van der Waals surface area (Å²) >= 11 is 0. The molecule has 31 heavy (non-hydrogen) atoms. The van der Waals surface area contributed by atoms with Crippen LogP contribution in [0.25, 0.3) is 10.8 Å². The highest BCUT2D eigenvalue weighted by atomic mass is 32.2. The summed E-state index contributed by atoms with van der Waals surface area (Å²) in [6.07, 6.45) is -3.79. The molecule has 164 valence electrons. The van der Waals surface area contributed by atoms with E-state index in [1.807, 2.05) is 42.5 Å². The summed E-state index contributed by atoms with van der Waals surface area (Å²) in [5.41, 5.74) is -0.393. The fourth-order valence-electron chi connectivity index (χ4n) is 3.40. The monoisotopic (exact) mass is 450 g/mol. The van der Waals surface area contributed by atoms with E-state index in [9.17, 15) is 26.4 Å². The highest BCUT2D eigenvalue weighted by Crippen LogP contribution is 2.32. The van der Waals surface area contributed by atoms with Gasteiger partial charge < -0.3 is 5.32 Å². The van der Waals surface area contributed by atoms with E-state index in [0.29, 0.717) is 4.31 Å². The van der Waals surface area contributed by atoms with Gasteiger partial charge in [-0.3, -0.25) is 9.10 Å². The molecule has 0 fully saturated rings. The van der Waals surface area contributed by atoms with Crippen LogP contribution < -0.4 is 9.62 Å². The minimum absolute atomic E-state index is 0.144. The topological polar surface area (TPSA) is 66.5 Å². The SMILES string of the molecule is C[C@@H](C(=O)NCc1cccc2ccccc12)N(c1cccc(C(F)(F)F)c1)S(C)(=O)=O. The van der Waals surface area contributed by atoms with Crippen LogP contribution in [0.3, 0.4) is 0 Å². The van der Waals surface area contributed by atoms with Gasteiger partial charge in [0.1, 0.15) is 6.04 Å². The third-order valence-electron chi connectivity index (χ3n) is 4.85. The molecule has 0 radical (unpaired) electrons. The maximum atomic E-state index is 13.1. The second-order valence-electron chi connectivity index (χ2n) is 7.14.